The fourth-order valence-electron chi connectivity index (χ4n) is 4.72. The minimum atomic E-state index is -0.479. The van der Waals surface area contributed by atoms with E-state index in [1.807, 2.05) is 37.4 Å². The molecule has 3 saturated heterocycles. The summed E-state index contributed by atoms with van der Waals surface area (Å²) in [5.41, 5.74) is 2.22. The zero-order valence-corrected chi connectivity index (χ0v) is 14.9. The van der Waals surface area contributed by atoms with Crippen LogP contribution in [0.4, 0.5) is 5.69 Å². The Morgan fingerprint density at radius 3 is 2.84 bits per heavy atom. The normalized spacial score (nSPS) is 33.4. The number of amides is 2. The highest BCUT2D eigenvalue weighted by molar-refractivity contribution is 7.13. The fourth-order valence-corrected chi connectivity index (χ4v) is 5.45. The van der Waals surface area contributed by atoms with E-state index in [2.05, 4.69) is 4.98 Å². The lowest BCUT2D eigenvalue weighted by atomic mass is 9.74. The van der Waals surface area contributed by atoms with Gasteiger partial charge in [-0.15, -0.1) is 11.3 Å². The number of nitrogens with zero attached hydrogens (tertiary/aromatic N) is 2. The zero-order chi connectivity index (χ0) is 17.3. The number of anilines is 1. The van der Waals surface area contributed by atoms with Crippen LogP contribution >= 0.6 is 11.3 Å². The molecule has 5 rings (SSSR count). The van der Waals surface area contributed by atoms with Crippen LogP contribution in [0.15, 0.2) is 29.8 Å². The number of ether oxygens (including phenoxy) is 1. The summed E-state index contributed by atoms with van der Waals surface area (Å²) in [6.45, 7) is 3.96. The Bertz CT molecular complexity index is 894. The van der Waals surface area contributed by atoms with Crippen molar-refractivity contribution in [3.05, 3.63) is 35.3 Å². The van der Waals surface area contributed by atoms with Crippen LogP contribution in [0, 0.1) is 18.8 Å². The van der Waals surface area contributed by atoms with E-state index in [1.54, 1.807) is 17.5 Å². The molecule has 25 heavy (non-hydrogen) atoms. The quantitative estimate of drug-likeness (QED) is 0.777. The van der Waals surface area contributed by atoms with Crippen LogP contribution in [0.2, 0.25) is 0 Å². The minimum Gasteiger partial charge on any atom is -0.370 e. The lowest BCUT2D eigenvalue weighted by Gasteiger charge is -2.26. The number of benzene rings is 1. The molecule has 5 nitrogen and oxygen atoms in total. The van der Waals surface area contributed by atoms with Crippen molar-refractivity contribution in [2.45, 2.75) is 38.4 Å². The number of carbonyl (C=O) groups excluding carboxylic acids is 2. The van der Waals surface area contributed by atoms with Gasteiger partial charge in [0.25, 0.3) is 0 Å². The number of hydrogen-bond acceptors (Lipinski definition) is 5. The lowest BCUT2D eigenvalue weighted by Crippen LogP contribution is -2.39. The van der Waals surface area contributed by atoms with Crippen LogP contribution in [0.1, 0.15) is 25.3 Å². The predicted octanol–water partition coefficient (Wildman–Crippen LogP) is 3.18. The zero-order valence-electron chi connectivity index (χ0n) is 14.1. The Morgan fingerprint density at radius 2 is 2.16 bits per heavy atom. The summed E-state index contributed by atoms with van der Waals surface area (Å²) in [7, 11) is 0. The van der Waals surface area contributed by atoms with Crippen molar-refractivity contribution in [3.8, 4) is 10.6 Å². The van der Waals surface area contributed by atoms with Gasteiger partial charge in [-0.05, 0) is 50.5 Å². The molecule has 2 unspecified atom stereocenters. The van der Waals surface area contributed by atoms with E-state index >= 15 is 0 Å². The Morgan fingerprint density at radius 1 is 1.32 bits per heavy atom. The third-order valence-electron chi connectivity index (χ3n) is 5.89. The van der Waals surface area contributed by atoms with Gasteiger partial charge in [0.1, 0.15) is 5.01 Å². The van der Waals surface area contributed by atoms with Gasteiger partial charge >= 0.3 is 0 Å². The average Bonchev–Trinajstić information content (AvgIpc) is 3.31. The van der Waals surface area contributed by atoms with Gasteiger partial charge in [-0.25, -0.2) is 9.88 Å². The molecule has 1 aromatic carbocycles. The van der Waals surface area contributed by atoms with Gasteiger partial charge in [-0.1, -0.05) is 0 Å². The Balaban J connectivity index is 1.53. The standard InChI is InChI=1S/C19H18N2O3S/c1-10-9-11(3-4-12(10)16-20-7-8-25-16)21-17(22)14-13-5-6-19(2,24-13)15(14)18(21)23/h3-4,7-9,13-15H,5-6H2,1-2H3/t13?,14-,15+,19?/m1/s1. The van der Waals surface area contributed by atoms with Crippen molar-refractivity contribution in [1.29, 1.82) is 0 Å². The van der Waals surface area contributed by atoms with E-state index in [-0.39, 0.29) is 29.8 Å². The number of fused-ring (bicyclic) bond motifs is 5. The molecule has 0 aliphatic carbocycles. The number of rotatable bonds is 2. The monoisotopic (exact) mass is 354 g/mol. The highest BCUT2D eigenvalue weighted by atomic mass is 32.1. The topological polar surface area (TPSA) is 59.5 Å². The van der Waals surface area contributed by atoms with E-state index < -0.39 is 5.60 Å². The first-order valence-corrected chi connectivity index (χ1v) is 9.44. The molecule has 1 aromatic heterocycles. The number of thiazole rings is 1. The van der Waals surface area contributed by atoms with Crippen LogP contribution in [0.25, 0.3) is 10.6 Å². The summed E-state index contributed by atoms with van der Waals surface area (Å²) in [4.78, 5) is 31.7. The summed E-state index contributed by atoms with van der Waals surface area (Å²) < 4.78 is 5.97. The molecule has 3 aliphatic heterocycles. The number of hydrogen-bond donors (Lipinski definition) is 0. The fraction of sp³-hybridized carbons (Fsp3) is 0.421. The second-order valence-electron chi connectivity index (χ2n) is 7.36. The number of carbonyl (C=O) groups is 2. The molecule has 6 heteroatoms. The maximum absolute atomic E-state index is 13.0. The van der Waals surface area contributed by atoms with E-state index in [0.717, 1.165) is 29.0 Å². The molecule has 4 heterocycles. The molecular formula is C19H18N2O3S. The third kappa shape index (κ3) is 1.95. The largest absolute Gasteiger partial charge is 0.370 e. The molecule has 2 bridgehead atoms. The molecule has 2 amide bonds. The molecular weight excluding hydrogens is 336 g/mol. The summed E-state index contributed by atoms with van der Waals surface area (Å²) in [6.07, 6.45) is 3.39. The maximum Gasteiger partial charge on any atom is 0.240 e. The van der Waals surface area contributed by atoms with Gasteiger partial charge in [0.15, 0.2) is 0 Å². The molecule has 128 valence electrons. The van der Waals surface area contributed by atoms with Crippen molar-refractivity contribution >= 4 is 28.8 Å². The van der Waals surface area contributed by atoms with Gasteiger partial charge in [0.2, 0.25) is 11.8 Å². The van der Waals surface area contributed by atoms with Gasteiger partial charge in [0, 0.05) is 17.1 Å². The number of aromatic nitrogens is 1. The Hall–Kier alpha value is -2.05. The molecule has 2 aromatic rings. The summed E-state index contributed by atoms with van der Waals surface area (Å²) in [5.74, 6) is -0.867. The Kier molecular flexibility index (Phi) is 3.04. The summed E-state index contributed by atoms with van der Waals surface area (Å²) in [6, 6.07) is 5.72. The van der Waals surface area contributed by atoms with Crippen LogP contribution in [0.5, 0.6) is 0 Å². The second kappa shape index (κ2) is 4.99. The molecule has 3 aliphatic rings. The van der Waals surface area contributed by atoms with E-state index in [9.17, 15) is 9.59 Å². The maximum atomic E-state index is 13.0. The van der Waals surface area contributed by atoms with Crippen LogP contribution < -0.4 is 4.90 Å². The molecule has 3 fully saturated rings. The molecule has 0 radical (unpaired) electrons. The number of aryl methyl sites for hydroxylation is 1. The van der Waals surface area contributed by atoms with Crippen molar-refractivity contribution in [2.24, 2.45) is 11.8 Å². The highest BCUT2D eigenvalue weighted by Gasteiger charge is 2.67. The van der Waals surface area contributed by atoms with Gasteiger partial charge in [-0.3, -0.25) is 9.59 Å². The Labute approximate surface area is 149 Å². The summed E-state index contributed by atoms with van der Waals surface area (Å²) in [5, 5.41) is 2.88. The van der Waals surface area contributed by atoms with Gasteiger partial charge in [0.05, 0.1) is 29.2 Å². The minimum absolute atomic E-state index is 0.105. The summed E-state index contributed by atoms with van der Waals surface area (Å²) >= 11 is 1.58. The second-order valence-corrected chi connectivity index (χ2v) is 8.25. The van der Waals surface area contributed by atoms with Crippen LogP contribution in [0.3, 0.4) is 0 Å². The molecule has 4 atom stereocenters. The van der Waals surface area contributed by atoms with E-state index in [0.29, 0.717) is 5.69 Å². The third-order valence-corrected chi connectivity index (χ3v) is 6.69. The van der Waals surface area contributed by atoms with Crippen molar-refractivity contribution in [1.82, 2.24) is 4.98 Å². The molecule has 0 spiro atoms. The van der Waals surface area contributed by atoms with E-state index in [4.69, 9.17) is 4.74 Å². The van der Waals surface area contributed by atoms with Gasteiger partial charge < -0.3 is 4.74 Å². The SMILES string of the molecule is Cc1cc(N2C(=O)[C@@H]3C4CCC(C)(O4)[C@@H]3C2=O)ccc1-c1nccs1. The smallest absolute Gasteiger partial charge is 0.240 e. The van der Waals surface area contributed by atoms with E-state index in [1.165, 1.54) is 4.90 Å². The van der Waals surface area contributed by atoms with Crippen LogP contribution in [-0.2, 0) is 14.3 Å². The first-order chi connectivity index (χ1) is 12.0. The first-order valence-electron chi connectivity index (χ1n) is 8.56. The highest BCUT2D eigenvalue weighted by Crippen LogP contribution is 2.55. The predicted molar refractivity (Wildman–Crippen MR) is 94.3 cm³/mol. The number of imide groups is 1. The van der Waals surface area contributed by atoms with Gasteiger partial charge in [-0.2, -0.15) is 0 Å². The van der Waals surface area contributed by atoms with Crippen molar-refractivity contribution in [3.63, 3.8) is 0 Å². The first kappa shape index (κ1) is 15.2. The average molecular weight is 354 g/mol. The van der Waals surface area contributed by atoms with Crippen LogP contribution in [-0.4, -0.2) is 28.5 Å². The van der Waals surface area contributed by atoms with Crippen molar-refractivity contribution < 1.29 is 14.3 Å². The molecule has 0 N–H and O–H groups in total. The van der Waals surface area contributed by atoms with Crippen molar-refractivity contribution in [2.75, 3.05) is 4.90 Å². The lowest BCUT2D eigenvalue weighted by molar-refractivity contribution is -0.126. The molecule has 0 saturated carbocycles.